The van der Waals surface area contributed by atoms with Gasteiger partial charge in [-0.05, 0) is 36.4 Å². The van der Waals surface area contributed by atoms with Crippen LogP contribution in [0.15, 0.2) is 12.5 Å². The predicted molar refractivity (Wildman–Crippen MR) is 58.3 cm³/mol. The van der Waals surface area contributed by atoms with Crippen LogP contribution in [0, 0.1) is 3.57 Å². The Labute approximate surface area is 86.4 Å². The van der Waals surface area contributed by atoms with E-state index in [-0.39, 0.29) is 0 Å². The molecule has 0 N–H and O–H groups in total. The number of hydrogen-bond acceptors (Lipinski definition) is 3. The van der Waals surface area contributed by atoms with Crippen LogP contribution in [0.3, 0.4) is 0 Å². The van der Waals surface area contributed by atoms with Crippen LogP contribution in [-0.4, -0.2) is 23.1 Å². The lowest BCUT2D eigenvalue weighted by Gasteiger charge is -2.22. The zero-order chi connectivity index (χ0) is 9.14. The van der Waals surface area contributed by atoms with Crippen LogP contribution in [0.5, 0.6) is 0 Å². The van der Waals surface area contributed by atoms with E-state index in [0.717, 1.165) is 9.39 Å². The van der Waals surface area contributed by atoms with E-state index in [1.54, 1.807) is 6.33 Å². The summed E-state index contributed by atoms with van der Waals surface area (Å²) >= 11 is 2.24. The fraction of sp³-hybridized carbons (Fsp3) is 0.500. The second kappa shape index (κ2) is 4.02. The molecule has 1 aromatic rings. The minimum atomic E-state index is 0.466. The zero-order valence-corrected chi connectivity index (χ0v) is 9.61. The molecule has 1 rings (SSSR count). The summed E-state index contributed by atoms with van der Waals surface area (Å²) in [6, 6.07) is 0.466. The monoisotopic (exact) mass is 277 g/mol. The van der Waals surface area contributed by atoms with Crippen LogP contribution in [0.4, 0.5) is 5.82 Å². The fourth-order valence-corrected chi connectivity index (χ4v) is 1.49. The quantitative estimate of drug-likeness (QED) is 0.773. The molecule has 0 unspecified atom stereocenters. The Kier molecular flexibility index (Phi) is 3.25. The molecule has 0 amide bonds. The molecule has 0 atom stereocenters. The Balaban J connectivity index is 2.94. The largest absolute Gasteiger partial charge is 0.356 e. The molecular formula is C8H12IN3. The highest BCUT2D eigenvalue weighted by Crippen LogP contribution is 2.17. The first-order chi connectivity index (χ1) is 5.63. The molecule has 4 heteroatoms. The minimum Gasteiger partial charge on any atom is -0.356 e. The summed E-state index contributed by atoms with van der Waals surface area (Å²) in [6.45, 7) is 4.27. The summed E-state index contributed by atoms with van der Waals surface area (Å²) in [5.41, 5.74) is 0. The summed E-state index contributed by atoms with van der Waals surface area (Å²) in [4.78, 5) is 10.3. The third kappa shape index (κ3) is 2.06. The van der Waals surface area contributed by atoms with Gasteiger partial charge in [0, 0.05) is 19.3 Å². The lowest BCUT2D eigenvalue weighted by Crippen LogP contribution is -2.27. The van der Waals surface area contributed by atoms with Gasteiger partial charge in [-0.3, -0.25) is 0 Å². The Morgan fingerprint density at radius 2 is 2.17 bits per heavy atom. The number of hydrogen-bond donors (Lipinski definition) is 0. The Morgan fingerprint density at radius 1 is 1.50 bits per heavy atom. The van der Waals surface area contributed by atoms with Gasteiger partial charge in [-0.25, -0.2) is 9.97 Å². The third-order valence-electron chi connectivity index (χ3n) is 1.76. The molecule has 0 aliphatic rings. The third-order valence-corrected chi connectivity index (χ3v) is 2.52. The Morgan fingerprint density at radius 3 is 2.67 bits per heavy atom. The van der Waals surface area contributed by atoms with Gasteiger partial charge in [-0.2, -0.15) is 0 Å². The first-order valence-electron chi connectivity index (χ1n) is 3.81. The van der Waals surface area contributed by atoms with Gasteiger partial charge in [0.15, 0.2) is 0 Å². The summed E-state index contributed by atoms with van der Waals surface area (Å²) < 4.78 is 1.09. The highest BCUT2D eigenvalue weighted by atomic mass is 127. The molecule has 0 saturated heterocycles. The maximum atomic E-state index is 4.21. The van der Waals surface area contributed by atoms with Gasteiger partial charge in [0.25, 0.3) is 0 Å². The first-order valence-corrected chi connectivity index (χ1v) is 4.89. The van der Waals surface area contributed by atoms with Crippen LogP contribution in [0.1, 0.15) is 13.8 Å². The van der Waals surface area contributed by atoms with E-state index in [0.29, 0.717) is 6.04 Å². The highest BCUT2D eigenvalue weighted by molar-refractivity contribution is 14.1. The SMILES string of the molecule is CC(C)N(C)c1ncncc1I. The number of aromatic nitrogens is 2. The molecule has 3 nitrogen and oxygen atoms in total. The second-order valence-electron chi connectivity index (χ2n) is 2.90. The second-order valence-corrected chi connectivity index (χ2v) is 4.06. The van der Waals surface area contributed by atoms with Crippen molar-refractivity contribution in [1.82, 2.24) is 9.97 Å². The van der Waals surface area contributed by atoms with Crippen molar-refractivity contribution in [2.75, 3.05) is 11.9 Å². The fourth-order valence-electron chi connectivity index (χ4n) is 0.810. The molecule has 0 spiro atoms. The molecule has 0 saturated carbocycles. The maximum Gasteiger partial charge on any atom is 0.145 e. The maximum absolute atomic E-state index is 4.21. The summed E-state index contributed by atoms with van der Waals surface area (Å²) in [5, 5.41) is 0. The topological polar surface area (TPSA) is 29.0 Å². The average Bonchev–Trinajstić information content (AvgIpc) is 2.04. The lowest BCUT2D eigenvalue weighted by molar-refractivity contribution is 0.739. The molecule has 66 valence electrons. The Hall–Kier alpha value is -0.390. The van der Waals surface area contributed by atoms with E-state index in [1.165, 1.54) is 0 Å². The van der Waals surface area contributed by atoms with Crippen molar-refractivity contribution in [1.29, 1.82) is 0 Å². The molecule has 1 aromatic heterocycles. The first kappa shape index (κ1) is 9.70. The van der Waals surface area contributed by atoms with Crippen molar-refractivity contribution in [2.24, 2.45) is 0 Å². The van der Waals surface area contributed by atoms with Crippen molar-refractivity contribution >= 4 is 28.4 Å². The summed E-state index contributed by atoms with van der Waals surface area (Å²) in [5.74, 6) is 1.00. The van der Waals surface area contributed by atoms with E-state index >= 15 is 0 Å². The van der Waals surface area contributed by atoms with Crippen molar-refractivity contribution in [3.05, 3.63) is 16.1 Å². The molecule has 0 aliphatic carbocycles. The van der Waals surface area contributed by atoms with Gasteiger partial charge in [-0.1, -0.05) is 0 Å². The number of anilines is 1. The summed E-state index contributed by atoms with van der Waals surface area (Å²) in [6.07, 6.45) is 3.40. The van der Waals surface area contributed by atoms with Gasteiger partial charge < -0.3 is 4.90 Å². The molecular weight excluding hydrogens is 265 g/mol. The van der Waals surface area contributed by atoms with Crippen molar-refractivity contribution < 1.29 is 0 Å². The van der Waals surface area contributed by atoms with Crippen LogP contribution in [-0.2, 0) is 0 Å². The zero-order valence-electron chi connectivity index (χ0n) is 7.45. The molecule has 0 bridgehead atoms. The number of nitrogens with zero attached hydrogens (tertiary/aromatic N) is 3. The average molecular weight is 277 g/mol. The number of rotatable bonds is 2. The van der Waals surface area contributed by atoms with Crippen LogP contribution < -0.4 is 4.90 Å². The van der Waals surface area contributed by atoms with E-state index < -0.39 is 0 Å². The van der Waals surface area contributed by atoms with Crippen molar-refractivity contribution in [2.45, 2.75) is 19.9 Å². The normalized spacial score (nSPS) is 10.4. The van der Waals surface area contributed by atoms with E-state index in [9.17, 15) is 0 Å². The van der Waals surface area contributed by atoms with E-state index in [2.05, 4.69) is 51.3 Å². The van der Waals surface area contributed by atoms with E-state index in [1.807, 2.05) is 13.2 Å². The summed E-state index contributed by atoms with van der Waals surface area (Å²) in [7, 11) is 2.04. The predicted octanol–water partition coefficient (Wildman–Crippen LogP) is 1.93. The lowest BCUT2D eigenvalue weighted by atomic mass is 10.3. The van der Waals surface area contributed by atoms with Gasteiger partial charge in [-0.15, -0.1) is 0 Å². The standard InChI is InChI=1S/C8H12IN3/c1-6(2)12(3)8-7(9)4-10-5-11-8/h4-6H,1-3H3. The smallest absolute Gasteiger partial charge is 0.145 e. The van der Waals surface area contributed by atoms with Crippen molar-refractivity contribution in [3.63, 3.8) is 0 Å². The molecule has 12 heavy (non-hydrogen) atoms. The molecule has 0 aromatic carbocycles. The molecule has 1 heterocycles. The van der Waals surface area contributed by atoms with Gasteiger partial charge in [0.1, 0.15) is 12.1 Å². The van der Waals surface area contributed by atoms with Crippen LogP contribution >= 0.6 is 22.6 Å². The molecule has 0 fully saturated rings. The van der Waals surface area contributed by atoms with Crippen LogP contribution in [0.25, 0.3) is 0 Å². The van der Waals surface area contributed by atoms with Gasteiger partial charge in [0.2, 0.25) is 0 Å². The van der Waals surface area contributed by atoms with Crippen LogP contribution in [0.2, 0.25) is 0 Å². The molecule has 0 radical (unpaired) electrons. The Bertz CT molecular complexity index is 262. The molecule has 0 aliphatic heterocycles. The van der Waals surface area contributed by atoms with E-state index in [4.69, 9.17) is 0 Å². The highest BCUT2D eigenvalue weighted by Gasteiger charge is 2.08. The van der Waals surface area contributed by atoms with Crippen molar-refractivity contribution in [3.8, 4) is 0 Å². The van der Waals surface area contributed by atoms with Gasteiger partial charge in [0.05, 0.1) is 3.57 Å². The minimum absolute atomic E-state index is 0.466. The van der Waals surface area contributed by atoms with Gasteiger partial charge >= 0.3 is 0 Å². The number of halogens is 1.